The summed E-state index contributed by atoms with van der Waals surface area (Å²) in [6, 6.07) is 0. The number of hydrogen-bond donors (Lipinski definition) is 1. The van der Waals surface area contributed by atoms with Gasteiger partial charge in [-0.1, -0.05) is 6.92 Å². The van der Waals surface area contributed by atoms with Crippen molar-refractivity contribution in [1.29, 1.82) is 0 Å². The summed E-state index contributed by atoms with van der Waals surface area (Å²) >= 11 is 3.48. The fourth-order valence-corrected chi connectivity index (χ4v) is 4.35. The highest BCUT2D eigenvalue weighted by Gasteiger charge is 2.25. The molecule has 3 nitrogen and oxygen atoms in total. The van der Waals surface area contributed by atoms with Crippen LogP contribution in [-0.4, -0.2) is 23.1 Å². The molecule has 102 valence electrons. The maximum Gasteiger partial charge on any atom is 0.143 e. The second-order valence-corrected chi connectivity index (χ2v) is 6.80. The summed E-state index contributed by atoms with van der Waals surface area (Å²) in [6.07, 6.45) is 4.95. The lowest BCUT2D eigenvalue weighted by atomic mass is 9.91. The van der Waals surface area contributed by atoms with E-state index < -0.39 is 0 Å². The van der Waals surface area contributed by atoms with Gasteiger partial charge in [-0.3, -0.25) is 0 Å². The van der Waals surface area contributed by atoms with Crippen molar-refractivity contribution in [2.75, 3.05) is 13.1 Å². The molecule has 0 saturated heterocycles. The van der Waals surface area contributed by atoms with Gasteiger partial charge in [0.25, 0.3) is 0 Å². The van der Waals surface area contributed by atoms with Crippen LogP contribution in [0, 0.1) is 0 Å². The number of thiazole rings is 2. The third kappa shape index (κ3) is 2.88. The van der Waals surface area contributed by atoms with Crippen LogP contribution in [0.4, 0.5) is 0 Å². The maximum atomic E-state index is 4.88. The van der Waals surface area contributed by atoms with Crippen LogP contribution >= 0.6 is 22.7 Å². The van der Waals surface area contributed by atoms with Crippen LogP contribution in [0.15, 0.2) is 10.9 Å². The van der Waals surface area contributed by atoms with E-state index in [4.69, 9.17) is 4.98 Å². The molecule has 2 aromatic heterocycles. The van der Waals surface area contributed by atoms with E-state index in [1.54, 1.807) is 11.3 Å². The molecule has 1 atom stereocenters. The molecule has 0 bridgehead atoms. The molecular formula is C14H19N3S2. The summed E-state index contributed by atoms with van der Waals surface area (Å²) in [7, 11) is 0. The Kier molecular flexibility index (Phi) is 4.25. The van der Waals surface area contributed by atoms with Gasteiger partial charge in [-0.15, -0.1) is 22.7 Å². The van der Waals surface area contributed by atoms with E-state index in [0.717, 1.165) is 23.8 Å². The predicted molar refractivity (Wildman–Crippen MR) is 82.1 cm³/mol. The summed E-state index contributed by atoms with van der Waals surface area (Å²) in [5, 5.41) is 6.74. The van der Waals surface area contributed by atoms with Gasteiger partial charge >= 0.3 is 0 Å². The summed E-state index contributed by atoms with van der Waals surface area (Å²) < 4.78 is 0. The average molecular weight is 293 g/mol. The van der Waals surface area contributed by atoms with Crippen molar-refractivity contribution in [2.24, 2.45) is 0 Å². The summed E-state index contributed by atoms with van der Waals surface area (Å²) in [5.41, 5.74) is 4.27. The summed E-state index contributed by atoms with van der Waals surface area (Å²) in [6.45, 7) is 4.39. The fraction of sp³-hybridized carbons (Fsp3) is 0.571. The molecule has 0 amide bonds. The van der Waals surface area contributed by atoms with Crippen LogP contribution in [0.3, 0.4) is 0 Å². The summed E-state index contributed by atoms with van der Waals surface area (Å²) in [5.74, 6) is 0.596. The molecule has 0 aliphatic heterocycles. The SMILES string of the molecule is CCCNCC1CCCc2sc(-c3cscn3)nc21. The van der Waals surface area contributed by atoms with Crippen LogP contribution in [0.25, 0.3) is 10.7 Å². The topological polar surface area (TPSA) is 37.8 Å². The van der Waals surface area contributed by atoms with Gasteiger partial charge in [0.2, 0.25) is 0 Å². The molecule has 5 heteroatoms. The minimum Gasteiger partial charge on any atom is -0.316 e. The average Bonchev–Trinajstić information content (AvgIpc) is 3.08. The fourth-order valence-electron chi connectivity index (χ4n) is 2.59. The monoisotopic (exact) mass is 293 g/mol. The predicted octanol–water partition coefficient (Wildman–Crippen LogP) is 3.69. The number of aromatic nitrogens is 2. The van der Waals surface area contributed by atoms with E-state index in [1.165, 1.54) is 36.3 Å². The molecule has 1 aliphatic carbocycles. The molecule has 1 unspecified atom stereocenters. The normalized spacial score (nSPS) is 18.5. The highest BCUT2D eigenvalue weighted by atomic mass is 32.1. The van der Waals surface area contributed by atoms with Crippen LogP contribution in [0.2, 0.25) is 0 Å². The Morgan fingerprint density at radius 3 is 3.21 bits per heavy atom. The molecule has 19 heavy (non-hydrogen) atoms. The van der Waals surface area contributed by atoms with Gasteiger partial charge in [0, 0.05) is 22.7 Å². The largest absolute Gasteiger partial charge is 0.316 e. The van der Waals surface area contributed by atoms with Crippen LogP contribution in [0.1, 0.15) is 42.7 Å². The Morgan fingerprint density at radius 2 is 2.42 bits per heavy atom. The van der Waals surface area contributed by atoms with Crippen LogP contribution in [0.5, 0.6) is 0 Å². The third-order valence-corrected chi connectivity index (χ3v) is 5.28. The quantitative estimate of drug-likeness (QED) is 0.854. The number of fused-ring (bicyclic) bond motifs is 1. The molecule has 0 saturated carbocycles. The second kappa shape index (κ2) is 6.11. The molecule has 3 rings (SSSR count). The Labute approximate surface area is 122 Å². The number of aryl methyl sites for hydroxylation is 1. The summed E-state index contributed by atoms with van der Waals surface area (Å²) in [4.78, 5) is 10.7. The van der Waals surface area contributed by atoms with E-state index in [2.05, 4.69) is 22.6 Å². The van der Waals surface area contributed by atoms with Gasteiger partial charge in [-0.05, 0) is 32.2 Å². The minimum absolute atomic E-state index is 0.596. The first-order valence-electron chi connectivity index (χ1n) is 6.97. The van der Waals surface area contributed by atoms with E-state index in [9.17, 15) is 0 Å². The smallest absolute Gasteiger partial charge is 0.143 e. The molecule has 0 aromatic carbocycles. The lowest BCUT2D eigenvalue weighted by Gasteiger charge is -2.21. The number of hydrogen-bond acceptors (Lipinski definition) is 5. The molecule has 0 fully saturated rings. The zero-order chi connectivity index (χ0) is 13.1. The zero-order valence-corrected chi connectivity index (χ0v) is 12.8. The van der Waals surface area contributed by atoms with E-state index in [1.807, 2.05) is 16.8 Å². The Hall–Kier alpha value is -0.780. The molecule has 0 spiro atoms. The molecular weight excluding hydrogens is 274 g/mol. The van der Waals surface area contributed by atoms with E-state index >= 15 is 0 Å². The highest BCUT2D eigenvalue weighted by Crippen LogP contribution is 2.37. The van der Waals surface area contributed by atoms with Crippen LogP contribution in [-0.2, 0) is 6.42 Å². The first-order chi connectivity index (χ1) is 9.38. The van der Waals surface area contributed by atoms with Crippen molar-refractivity contribution in [3.05, 3.63) is 21.5 Å². The Morgan fingerprint density at radius 1 is 1.47 bits per heavy atom. The Bertz CT molecular complexity index is 519. The van der Waals surface area contributed by atoms with Gasteiger partial charge in [0.1, 0.15) is 10.7 Å². The van der Waals surface area contributed by atoms with E-state index in [0.29, 0.717) is 5.92 Å². The van der Waals surface area contributed by atoms with Crippen molar-refractivity contribution in [3.8, 4) is 10.7 Å². The van der Waals surface area contributed by atoms with Crippen LogP contribution < -0.4 is 5.32 Å². The maximum absolute atomic E-state index is 4.88. The lowest BCUT2D eigenvalue weighted by Crippen LogP contribution is -2.24. The van der Waals surface area contributed by atoms with Crippen molar-refractivity contribution in [2.45, 2.75) is 38.5 Å². The van der Waals surface area contributed by atoms with Crippen molar-refractivity contribution in [3.63, 3.8) is 0 Å². The Balaban J connectivity index is 1.80. The first-order valence-corrected chi connectivity index (χ1v) is 8.73. The highest BCUT2D eigenvalue weighted by molar-refractivity contribution is 7.15. The van der Waals surface area contributed by atoms with Gasteiger partial charge in [-0.2, -0.15) is 0 Å². The standard InChI is InChI=1S/C14H19N3S2/c1-2-6-15-7-10-4-3-5-12-13(10)17-14(19-12)11-8-18-9-16-11/h8-10,15H,2-7H2,1H3. The van der Waals surface area contributed by atoms with Crippen molar-refractivity contribution < 1.29 is 0 Å². The van der Waals surface area contributed by atoms with E-state index in [-0.39, 0.29) is 0 Å². The molecule has 2 aromatic rings. The van der Waals surface area contributed by atoms with Gasteiger partial charge in [0.15, 0.2) is 0 Å². The van der Waals surface area contributed by atoms with Gasteiger partial charge in [-0.25, -0.2) is 9.97 Å². The van der Waals surface area contributed by atoms with Crippen molar-refractivity contribution >= 4 is 22.7 Å². The minimum atomic E-state index is 0.596. The molecule has 1 N–H and O–H groups in total. The number of nitrogens with zero attached hydrogens (tertiary/aromatic N) is 2. The second-order valence-electron chi connectivity index (χ2n) is 4.99. The molecule has 2 heterocycles. The molecule has 1 aliphatic rings. The number of rotatable bonds is 5. The number of nitrogens with one attached hydrogen (secondary N) is 1. The third-order valence-electron chi connectivity index (χ3n) is 3.54. The van der Waals surface area contributed by atoms with Crippen molar-refractivity contribution in [1.82, 2.24) is 15.3 Å². The first kappa shape index (κ1) is 13.2. The van der Waals surface area contributed by atoms with Gasteiger partial charge in [0.05, 0.1) is 11.2 Å². The van der Waals surface area contributed by atoms with Gasteiger partial charge < -0.3 is 5.32 Å². The lowest BCUT2D eigenvalue weighted by molar-refractivity contribution is 0.502. The molecule has 0 radical (unpaired) electrons. The zero-order valence-electron chi connectivity index (χ0n) is 11.2.